The first-order chi connectivity index (χ1) is 9.99. The highest BCUT2D eigenvalue weighted by Gasteiger charge is 2.16. The van der Waals surface area contributed by atoms with E-state index in [2.05, 4.69) is 4.98 Å². The van der Waals surface area contributed by atoms with E-state index < -0.39 is 0 Å². The maximum atomic E-state index is 13.9. The smallest absolute Gasteiger partial charge is 0.289 e. The molecule has 0 saturated heterocycles. The van der Waals surface area contributed by atoms with Gasteiger partial charge >= 0.3 is 0 Å². The van der Waals surface area contributed by atoms with Crippen LogP contribution in [0.3, 0.4) is 0 Å². The van der Waals surface area contributed by atoms with Gasteiger partial charge in [-0.25, -0.2) is 14.1 Å². The minimum Gasteiger partial charge on any atom is -0.335 e. The Morgan fingerprint density at radius 1 is 1.33 bits per heavy atom. The SMILES string of the molecule is CC(C)c1nc2cc(-c3ccccc3F)sc2c(=O)n1N. The fourth-order valence-electron chi connectivity index (χ4n) is 2.21. The second kappa shape index (κ2) is 4.96. The Balaban J connectivity index is 2.29. The van der Waals surface area contributed by atoms with Crippen LogP contribution in [0.5, 0.6) is 0 Å². The highest BCUT2D eigenvalue weighted by Crippen LogP contribution is 2.32. The lowest BCUT2D eigenvalue weighted by Crippen LogP contribution is -2.31. The van der Waals surface area contributed by atoms with Crippen molar-refractivity contribution in [2.24, 2.45) is 0 Å². The molecule has 0 radical (unpaired) electrons. The predicted octanol–water partition coefficient (Wildman–Crippen LogP) is 3.10. The number of aromatic nitrogens is 2. The zero-order valence-corrected chi connectivity index (χ0v) is 12.4. The number of fused-ring (bicyclic) bond motifs is 1. The summed E-state index contributed by atoms with van der Waals surface area (Å²) in [6.07, 6.45) is 0. The van der Waals surface area contributed by atoms with Gasteiger partial charge in [0, 0.05) is 16.4 Å². The van der Waals surface area contributed by atoms with Gasteiger partial charge < -0.3 is 5.84 Å². The number of nitrogens with two attached hydrogens (primary N) is 1. The van der Waals surface area contributed by atoms with Gasteiger partial charge in [0.05, 0.1) is 5.52 Å². The Labute approximate surface area is 124 Å². The highest BCUT2D eigenvalue weighted by molar-refractivity contribution is 7.22. The summed E-state index contributed by atoms with van der Waals surface area (Å²) in [6.45, 7) is 3.84. The minimum atomic E-state index is -0.318. The van der Waals surface area contributed by atoms with Crippen LogP contribution in [0.1, 0.15) is 25.6 Å². The number of nitrogen functional groups attached to an aromatic ring is 1. The van der Waals surface area contributed by atoms with E-state index in [1.54, 1.807) is 24.3 Å². The maximum Gasteiger partial charge on any atom is 0.289 e. The molecule has 0 unspecified atom stereocenters. The molecule has 0 aliphatic carbocycles. The molecule has 4 nitrogen and oxygen atoms in total. The lowest BCUT2D eigenvalue weighted by molar-refractivity contribution is 0.632. The zero-order valence-electron chi connectivity index (χ0n) is 11.6. The molecule has 0 bridgehead atoms. The Morgan fingerprint density at radius 3 is 2.71 bits per heavy atom. The van der Waals surface area contributed by atoms with Crippen LogP contribution in [-0.2, 0) is 0 Å². The van der Waals surface area contributed by atoms with Crippen LogP contribution in [0.25, 0.3) is 20.7 Å². The molecule has 0 aliphatic rings. The van der Waals surface area contributed by atoms with E-state index in [1.807, 2.05) is 13.8 Å². The lowest BCUT2D eigenvalue weighted by atomic mass is 10.1. The first-order valence-electron chi connectivity index (χ1n) is 6.55. The van der Waals surface area contributed by atoms with E-state index >= 15 is 0 Å². The van der Waals surface area contributed by atoms with Gasteiger partial charge in [-0.1, -0.05) is 32.0 Å². The van der Waals surface area contributed by atoms with Gasteiger partial charge in [0.25, 0.3) is 5.56 Å². The summed E-state index contributed by atoms with van der Waals surface area (Å²) in [5, 5.41) is 0. The Morgan fingerprint density at radius 2 is 2.05 bits per heavy atom. The second-order valence-corrected chi connectivity index (χ2v) is 6.16. The Kier molecular flexibility index (Phi) is 3.25. The summed E-state index contributed by atoms with van der Waals surface area (Å²) < 4.78 is 15.4. The molecule has 0 amide bonds. The average Bonchev–Trinajstić information content (AvgIpc) is 2.87. The number of benzene rings is 1. The molecule has 2 heterocycles. The fraction of sp³-hybridized carbons (Fsp3) is 0.200. The number of nitrogens with zero attached hydrogens (tertiary/aromatic N) is 2. The number of hydrogen-bond donors (Lipinski definition) is 1. The Hall–Kier alpha value is -2.21. The van der Waals surface area contributed by atoms with Crippen LogP contribution in [0, 0.1) is 5.82 Å². The van der Waals surface area contributed by atoms with Gasteiger partial charge in [-0.2, -0.15) is 0 Å². The van der Waals surface area contributed by atoms with Crippen LogP contribution in [-0.4, -0.2) is 9.66 Å². The topological polar surface area (TPSA) is 60.9 Å². The third-order valence-corrected chi connectivity index (χ3v) is 4.41. The summed E-state index contributed by atoms with van der Waals surface area (Å²) in [7, 11) is 0. The molecule has 0 aliphatic heterocycles. The van der Waals surface area contributed by atoms with E-state index in [0.29, 0.717) is 26.5 Å². The molecule has 6 heteroatoms. The van der Waals surface area contributed by atoms with Crippen molar-refractivity contribution in [1.82, 2.24) is 9.66 Å². The molecule has 3 aromatic rings. The van der Waals surface area contributed by atoms with Crippen molar-refractivity contribution in [3.8, 4) is 10.4 Å². The van der Waals surface area contributed by atoms with Crippen molar-refractivity contribution < 1.29 is 4.39 Å². The van der Waals surface area contributed by atoms with Crippen molar-refractivity contribution in [3.63, 3.8) is 0 Å². The Bertz CT molecular complexity index is 882. The zero-order chi connectivity index (χ0) is 15.1. The number of halogens is 1. The van der Waals surface area contributed by atoms with Gasteiger partial charge in [0.15, 0.2) is 0 Å². The van der Waals surface area contributed by atoms with Crippen molar-refractivity contribution in [3.05, 3.63) is 52.3 Å². The van der Waals surface area contributed by atoms with Crippen molar-refractivity contribution >= 4 is 21.6 Å². The van der Waals surface area contributed by atoms with Gasteiger partial charge in [-0.05, 0) is 12.1 Å². The van der Waals surface area contributed by atoms with Crippen LogP contribution in [0.15, 0.2) is 35.1 Å². The number of thiophene rings is 1. The molecule has 21 heavy (non-hydrogen) atoms. The predicted molar refractivity (Wildman–Crippen MR) is 83.5 cm³/mol. The van der Waals surface area contributed by atoms with Crippen molar-refractivity contribution in [2.45, 2.75) is 19.8 Å². The van der Waals surface area contributed by atoms with Crippen LogP contribution in [0.4, 0.5) is 4.39 Å². The molecule has 3 rings (SSSR count). The van der Waals surface area contributed by atoms with E-state index in [9.17, 15) is 9.18 Å². The molecule has 0 fully saturated rings. The van der Waals surface area contributed by atoms with Crippen LogP contribution in [0.2, 0.25) is 0 Å². The van der Waals surface area contributed by atoms with Crippen molar-refractivity contribution in [2.75, 3.05) is 5.84 Å². The van der Waals surface area contributed by atoms with E-state index in [1.165, 1.54) is 17.4 Å². The largest absolute Gasteiger partial charge is 0.335 e. The standard InChI is InChI=1S/C15H14FN3OS/c1-8(2)14-18-11-7-12(9-5-3-4-6-10(9)16)21-13(11)15(20)19(14)17/h3-8H,17H2,1-2H3. The van der Waals surface area contributed by atoms with Crippen LogP contribution >= 0.6 is 11.3 Å². The summed E-state index contributed by atoms with van der Waals surface area (Å²) >= 11 is 1.21. The molecular formula is C15H14FN3OS. The lowest BCUT2D eigenvalue weighted by Gasteiger charge is -2.09. The first-order valence-corrected chi connectivity index (χ1v) is 7.37. The normalized spacial score (nSPS) is 11.4. The average molecular weight is 303 g/mol. The third kappa shape index (κ3) is 2.21. The van der Waals surface area contributed by atoms with E-state index in [4.69, 9.17) is 5.84 Å². The van der Waals surface area contributed by atoms with Gasteiger partial charge in [0.2, 0.25) is 0 Å². The molecule has 0 atom stereocenters. The molecule has 0 saturated carbocycles. The van der Waals surface area contributed by atoms with Crippen molar-refractivity contribution in [1.29, 1.82) is 0 Å². The summed E-state index contributed by atoms with van der Waals surface area (Å²) in [5.41, 5.74) is 0.736. The van der Waals surface area contributed by atoms with E-state index in [-0.39, 0.29) is 17.3 Å². The molecule has 0 spiro atoms. The van der Waals surface area contributed by atoms with Crippen LogP contribution < -0.4 is 11.4 Å². The maximum absolute atomic E-state index is 13.9. The second-order valence-electron chi connectivity index (χ2n) is 5.10. The van der Waals surface area contributed by atoms with E-state index in [0.717, 1.165) is 4.68 Å². The first kappa shape index (κ1) is 13.8. The molecule has 2 aromatic heterocycles. The molecule has 108 valence electrons. The highest BCUT2D eigenvalue weighted by atomic mass is 32.1. The quantitative estimate of drug-likeness (QED) is 0.740. The molecule has 1 aromatic carbocycles. The summed E-state index contributed by atoms with van der Waals surface area (Å²) in [6, 6.07) is 8.22. The monoisotopic (exact) mass is 303 g/mol. The molecular weight excluding hydrogens is 289 g/mol. The third-order valence-electron chi connectivity index (χ3n) is 3.26. The van der Waals surface area contributed by atoms with Gasteiger partial charge in [0.1, 0.15) is 16.3 Å². The van der Waals surface area contributed by atoms with Gasteiger partial charge in [-0.15, -0.1) is 11.3 Å². The number of hydrogen-bond acceptors (Lipinski definition) is 4. The number of rotatable bonds is 2. The summed E-state index contributed by atoms with van der Waals surface area (Å²) in [5.74, 6) is 6.03. The summed E-state index contributed by atoms with van der Waals surface area (Å²) in [4.78, 5) is 17.4. The molecule has 2 N–H and O–H groups in total. The minimum absolute atomic E-state index is 0.0314. The van der Waals surface area contributed by atoms with Gasteiger partial charge in [-0.3, -0.25) is 4.79 Å². The fourth-order valence-corrected chi connectivity index (χ4v) is 3.27.